The van der Waals surface area contributed by atoms with Crippen molar-refractivity contribution in [2.45, 2.75) is 6.42 Å². The number of nitrogens with zero attached hydrogens (tertiary/aromatic N) is 1. The van der Waals surface area contributed by atoms with Crippen LogP contribution in [0.1, 0.15) is 6.42 Å². The van der Waals surface area contributed by atoms with Crippen LogP contribution >= 0.6 is 0 Å². The van der Waals surface area contributed by atoms with Gasteiger partial charge in [-0.1, -0.05) is 0 Å². The first-order chi connectivity index (χ1) is 9.38. The van der Waals surface area contributed by atoms with Crippen LogP contribution in [0.25, 0.3) is 0 Å². The van der Waals surface area contributed by atoms with Gasteiger partial charge in [0.15, 0.2) is 0 Å². The fourth-order valence-electron chi connectivity index (χ4n) is 1.49. The summed E-state index contributed by atoms with van der Waals surface area (Å²) >= 11 is 0. The van der Waals surface area contributed by atoms with Crippen LogP contribution in [0.4, 0.5) is 5.69 Å². The number of hydrogen-bond acceptors (Lipinski definition) is 6. The van der Waals surface area contributed by atoms with Crippen LogP contribution in [0.5, 0.6) is 5.75 Å². The van der Waals surface area contributed by atoms with Gasteiger partial charge in [0.05, 0.1) is 10.7 Å². The number of non-ortho nitro benzene ring substituents is 1. The molecule has 0 unspecified atom stereocenters. The zero-order valence-corrected chi connectivity index (χ0v) is 12.1. The van der Waals surface area contributed by atoms with E-state index in [0.717, 1.165) is 0 Å². The molecule has 0 radical (unpaired) electrons. The number of benzene rings is 1. The second-order valence-corrected chi connectivity index (χ2v) is 6.59. The molecule has 0 amide bonds. The van der Waals surface area contributed by atoms with E-state index in [1.54, 1.807) is 12.1 Å². The van der Waals surface area contributed by atoms with Gasteiger partial charge >= 0.3 is 0 Å². The third-order valence-corrected chi connectivity index (χ3v) is 3.49. The van der Waals surface area contributed by atoms with E-state index < -0.39 is 14.8 Å². The lowest BCUT2D eigenvalue weighted by Crippen LogP contribution is -2.23. The highest BCUT2D eigenvalue weighted by Crippen LogP contribution is 2.16. The summed E-state index contributed by atoms with van der Waals surface area (Å²) in [5, 5.41) is 13.5. The Hall–Kier alpha value is -1.67. The Morgan fingerprint density at radius 1 is 1.25 bits per heavy atom. The summed E-state index contributed by atoms with van der Waals surface area (Å²) in [7, 11) is -2.90. The highest BCUT2D eigenvalue weighted by molar-refractivity contribution is 7.90. The monoisotopic (exact) mass is 302 g/mol. The van der Waals surface area contributed by atoms with E-state index in [2.05, 4.69) is 5.32 Å². The van der Waals surface area contributed by atoms with E-state index in [-0.39, 0.29) is 11.4 Å². The largest absolute Gasteiger partial charge is 0.492 e. The van der Waals surface area contributed by atoms with Crippen molar-refractivity contribution in [3.8, 4) is 5.75 Å². The molecule has 1 aromatic rings. The predicted molar refractivity (Wildman–Crippen MR) is 75.8 cm³/mol. The van der Waals surface area contributed by atoms with Crippen molar-refractivity contribution < 1.29 is 18.1 Å². The molecular formula is C12H18N2O5S. The number of ether oxygens (including phenoxy) is 1. The smallest absolute Gasteiger partial charge is 0.269 e. The minimum absolute atomic E-state index is 0.0243. The summed E-state index contributed by atoms with van der Waals surface area (Å²) in [5.41, 5.74) is 0.0243. The SMILES string of the molecule is CS(=O)(=O)CCCNCCOc1ccc([N+](=O)[O-])cc1. The van der Waals surface area contributed by atoms with Gasteiger partial charge in [0.25, 0.3) is 5.69 Å². The van der Waals surface area contributed by atoms with Gasteiger partial charge in [-0.05, 0) is 25.1 Å². The Labute approximate surface area is 118 Å². The molecule has 0 aromatic heterocycles. The van der Waals surface area contributed by atoms with Crippen LogP contribution in [-0.2, 0) is 9.84 Å². The normalized spacial score (nSPS) is 11.2. The topological polar surface area (TPSA) is 98.5 Å². The highest BCUT2D eigenvalue weighted by Gasteiger charge is 2.04. The zero-order chi connectivity index (χ0) is 15.0. The Morgan fingerprint density at radius 3 is 2.45 bits per heavy atom. The summed E-state index contributed by atoms with van der Waals surface area (Å²) in [5.74, 6) is 0.733. The van der Waals surface area contributed by atoms with Crippen LogP contribution in [0.3, 0.4) is 0 Å². The Morgan fingerprint density at radius 2 is 1.90 bits per heavy atom. The van der Waals surface area contributed by atoms with Gasteiger partial charge in [-0.2, -0.15) is 0 Å². The number of nitro benzene ring substituents is 1. The van der Waals surface area contributed by atoms with E-state index in [1.165, 1.54) is 18.4 Å². The van der Waals surface area contributed by atoms with Crippen molar-refractivity contribution in [1.82, 2.24) is 5.32 Å². The molecule has 0 atom stereocenters. The van der Waals surface area contributed by atoms with Crippen molar-refractivity contribution in [3.05, 3.63) is 34.4 Å². The molecule has 0 aliphatic carbocycles. The molecule has 1 rings (SSSR count). The lowest BCUT2D eigenvalue weighted by atomic mass is 10.3. The number of sulfone groups is 1. The van der Waals surface area contributed by atoms with Gasteiger partial charge in [0, 0.05) is 24.9 Å². The first kappa shape index (κ1) is 16.4. The van der Waals surface area contributed by atoms with Crippen LogP contribution in [0.15, 0.2) is 24.3 Å². The Kier molecular flexibility index (Phi) is 6.40. The predicted octanol–water partition coefficient (Wildman–Crippen LogP) is 0.998. The molecule has 0 aliphatic heterocycles. The molecule has 0 spiro atoms. The summed E-state index contributed by atoms with van der Waals surface area (Å²) in [4.78, 5) is 9.99. The van der Waals surface area contributed by atoms with Crippen molar-refractivity contribution in [2.75, 3.05) is 31.7 Å². The number of hydrogen-bond donors (Lipinski definition) is 1. The van der Waals surface area contributed by atoms with Gasteiger partial charge in [-0.3, -0.25) is 10.1 Å². The molecule has 0 saturated carbocycles. The van der Waals surface area contributed by atoms with Gasteiger partial charge in [-0.15, -0.1) is 0 Å². The lowest BCUT2D eigenvalue weighted by molar-refractivity contribution is -0.384. The minimum Gasteiger partial charge on any atom is -0.492 e. The first-order valence-corrected chi connectivity index (χ1v) is 8.20. The molecule has 20 heavy (non-hydrogen) atoms. The van der Waals surface area contributed by atoms with Gasteiger partial charge in [0.1, 0.15) is 22.2 Å². The van der Waals surface area contributed by atoms with E-state index in [0.29, 0.717) is 31.9 Å². The van der Waals surface area contributed by atoms with Crippen molar-refractivity contribution in [1.29, 1.82) is 0 Å². The van der Waals surface area contributed by atoms with Gasteiger partial charge in [0.2, 0.25) is 0 Å². The molecule has 7 nitrogen and oxygen atoms in total. The molecular weight excluding hydrogens is 284 g/mol. The molecule has 0 bridgehead atoms. The molecule has 1 aromatic carbocycles. The number of nitrogens with one attached hydrogen (secondary N) is 1. The average molecular weight is 302 g/mol. The molecule has 0 fully saturated rings. The lowest BCUT2D eigenvalue weighted by Gasteiger charge is -2.07. The van der Waals surface area contributed by atoms with Crippen LogP contribution in [-0.4, -0.2) is 45.0 Å². The van der Waals surface area contributed by atoms with E-state index >= 15 is 0 Å². The standard InChI is InChI=1S/C12H18N2O5S/c1-20(17,18)10-2-7-13-8-9-19-12-5-3-11(4-6-12)14(15)16/h3-6,13H,2,7-10H2,1H3. The quantitative estimate of drug-likeness (QED) is 0.415. The fraction of sp³-hybridized carbons (Fsp3) is 0.500. The maximum Gasteiger partial charge on any atom is 0.269 e. The molecule has 1 N–H and O–H groups in total. The van der Waals surface area contributed by atoms with Crippen molar-refractivity contribution in [2.24, 2.45) is 0 Å². The van der Waals surface area contributed by atoms with Gasteiger partial charge in [-0.25, -0.2) is 8.42 Å². The number of rotatable bonds is 9. The average Bonchev–Trinajstić information content (AvgIpc) is 2.37. The summed E-state index contributed by atoms with van der Waals surface area (Å²) in [6, 6.07) is 5.85. The zero-order valence-electron chi connectivity index (χ0n) is 11.2. The third-order valence-electron chi connectivity index (χ3n) is 2.46. The maximum absolute atomic E-state index is 10.9. The molecule has 112 valence electrons. The Balaban J connectivity index is 2.14. The third kappa shape index (κ3) is 7.05. The van der Waals surface area contributed by atoms with E-state index in [4.69, 9.17) is 4.74 Å². The second-order valence-electron chi connectivity index (χ2n) is 4.33. The second kappa shape index (κ2) is 7.81. The fourth-order valence-corrected chi connectivity index (χ4v) is 2.16. The van der Waals surface area contributed by atoms with Crippen molar-refractivity contribution >= 4 is 15.5 Å². The summed E-state index contributed by atoms with van der Waals surface area (Å²) < 4.78 is 27.1. The van der Waals surface area contributed by atoms with Crippen LogP contribution in [0, 0.1) is 10.1 Å². The van der Waals surface area contributed by atoms with Crippen LogP contribution < -0.4 is 10.1 Å². The minimum atomic E-state index is -2.90. The Bertz CT molecular complexity index is 527. The van der Waals surface area contributed by atoms with Crippen LogP contribution in [0.2, 0.25) is 0 Å². The highest BCUT2D eigenvalue weighted by atomic mass is 32.2. The van der Waals surface area contributed by atoms with Gasteiger partial charge < -0.3 is 10.1 Å². The summed E-state index contributed by atoms with van der Waals surface area (Å²) in [6.45, 7) is 1.61. The molecule has 8 heteroatoms. The maximum atomic E-state index is 10.9. The first-order valence-electron chi connectivity index (χ1n) is 6.14. The number of nitro groups is 1. The van der Waals surface area contributed by atoms with Crippen molar-refractivity contribution in [3.63, 3.8) is 0 Å². The molecule has 0 saturated heterocycles. The van der Waals surface area contributed by atoms with E-state index in [9.17, 15) is 18.5 Å². The molecule has 0 aliphatic rings. The molecule has 0 heterocycles. The van der Waals surface area contributed by atoms with E-state index in [1.807, 2.05) is 0 Å². The summed E-state index contributed by atoms with van der Waals surface area (Å²) in [6.07, 6.45) is 1.78.